The van der Waals surface area contributed by atoms with Crippen molar-refractivity contribution < 1.29 is 13.2 Å². The van der Waals surface area contributed by atoms with Crippen LogP contribution in [0.4, 0.5) is 13.2 Å². The highest BCUT2D eigenvalue weighted by atomic mass is 19.4. The lowest BCUT2D eigenvalue weighted by molar-refractivity contribution is -0.137. The molecule has 2 aromatic rings. The fourth-order valence-electron chi connectivity index (χ4n) is 2.98. The molecule has 0 radical (unpaired) electrons. The number of nitrogens with zero attached hydrogens (tertiary/aromatic N) is 2. The second-order valence-electron chi connectivity index (χ2n) is 6.33. The Labute approximate surface area is 151 Å². The highest BCUT2D eigenvalue weighted by molar-refractivity contribution is 5.31. The third kappa shape index (κ3) is 5.32. The van der Waals surface area contributed by atoms with Gasteiger partial charge in [-0.05, 0) is 36.2 Å². The summed E-state index contributed by atoms with van der Waals surface area (Å²) < 4.78 is 37.9. The number of nitrogens with one attached hydrogen (secondary N) is 1. The first-order chi connectivity index (χ1) is 12.5. The summed E-state index contributed by atoms with van der Waals surface area (Å²) >= 11 is 0. The smallest absolute Gasteiger partial charge is 0.311 e. The Morgan fingerprint density at radius 2 is 2.00 bits per heavy atom. The zero-order valence-electron chi connectivity index (χ0n) is 14.3. The van der Waals surface area contributed by atoms with E-state index < -0.39 is 11.7 Å². The Kier molecular flexibility index (Phi) is 5.92. The summed E-state index contributed by atoms with van der Waals surface area (Å²) in [5.41, 5.74) is 1.19. The van der Waals surface area contributed by atoms with E-state index in [9.17, 15) is 13.2 Å². The van der Waals surface area contributed by atoms with Crippen molar-refractivity contribution >= 4 is 0 Å². The molecule has 0 bridgehead atoms. The van der Waals surface area contributed by atoms with Gasteiger partial charge < -0.3 is 5.32 Å². The monoisotopic (exact) mass is 359 g/mol. The summed E-state index contributed by atoms with van der Waals surface area (Å²) in [6.45, 7) is 3.24. The molecule has 3 rings (SSSR count). The maximum Gasteiger partial charge on any atom is 0.416 e. The first kappa shape index (κ1) is 18.4. The molecule has 1 aliphatic heterocycles. The molecule has 0 saturated carbocycles. The Balaban J connectivity index is 1.53. The summed E-state index contributed by atoms with van der Waals surface area (Å²) in [6, 6.07) is 9.41. The molecule has 136 valence electrons. The quantitative estimate of drug-likeness (QED) is 0.854. The van der Waals surface area contributed by atoms with Crippen LogP contribution >= 0.6 is 0 Å². The van der Waals surface area contributed by atoms with Crippen molar-refractivity contribution in [2.45, 2.75) is 18.6 Å². The standard InChI is InChI=1S/C20H20F3N3/c21-20(22,23)18-7-5-16(6-8-18)13-19-15-26(12-10-25-19)11-2-4-17-3-1-9-24-14-17/h1,3,5-9,14,19,25H,10-13,15H2. The Morgan fingerprint density at radius 1 is 1.19 bits per heavy atom. The molecular weight excluding hydrogens is 339 g/mol. The molecule has 1 aromatic heterocycles. The number of hydrogen-bond acceptors (Lipinski definition) is 3. The van der Waals surface area contributed by atoms with E-state index in [-0.39, 0.29) is 6.04 Å². The topological polar surface area (TPSA) is 28.2 Å². The molecular formula is C20H20F3N3. The van der Waals surface area contributed by atoms with Crippen molar-refractivity contribution in [2.24, 2.45) is 0 Å². The van der Waals surface area contributed by atoms with Gasteiger partial charge in [-0.1, -0.05) is 24.0 Å². The number of alkyl halides is 3. The summed E-state index contributed by atoms with van der Waals surface area (Å²) in [7, 11) is 0. The molecule has 1 N–H and O–H groups in total. The minimum absolute atomic E-state index is 0.209. The number of benzene rings is 1. The van der Waals surface area contributed by atoms with Gasteiger partial charge in [0.15, 0.2) is 0 Å². The first-order valence-corrected chi connectivity index (χ1v) is 8.51. The largest absolute Gasteiger partial charge is 0.416 e. The minimum atomic E-state index is -4.29. The van der Waals surface area contributed by atoms with Crippen LogP contribution in [0.15, 0.2) is 48.8 Å². The second-order valence-corrected chi connectivity index (χ2v) is 6.33. The van der Waals surface area contributed by atoms with Gasteiger partial charge >= 0.3 is 6.18 Å². The van der Waals surface area contributed by atoms with Crippen LogP contribution in [-0.2, 0) is 12.6 Å². The van der Waals surface area contributed by atoms with Gasteiger partial charge in [-0.2, -0.15) is 13.2 Å². The summed E-state index contributed by atoms with van der Waals surface area (Å²) in [5, 5.41) is 3.43. The number of piperazine rings is 1. The predicted octanol–water partition coefficient (Wildman–Crippen LogP) is 2.97. The van der Waals surface area contributed by atoms with Crippen molar-refractivity contribution in [3.8, 4) is 11.8 Å². The maximum atomic E-state index is 12.6. The number of pyridine rings is 1. The summed E-state index contributed by atoms with van der Waals surface area (Å²) in [5.74, 6) is 6.26. The van der Waals surface area contributed by atoms with Crippen molar-refractivity contribution in [1.29, 1.82) is 0 Å². The van der Waals surface area contributed by atoms with Gasteiger partial charge in [-0.25, -0.2) is 0 Å². The first-order valence-electron chi connectivity index (χ1n) is 8.51. The van der Waals surface area contributed by atoms with Gasteiger partial charge in [0.1, 0.15) is 0 Å². The van der Waals surface area contributed by atoms with E-state index in [1.807, 2.05) is 12.1 Å². The highest BCUT2D eigenvalue weighted by Gasteiger charge is 2.30. The van der Waals surface area contributed by atoms with E-state index in [1.165, 1.54) is 0 Å². The molecule has 0 amide bonds. The molecule has 2 heterocycles. The lowest BCUT2D eigenvalue weighted by Crippen LogP contribution is -2.51. The Morgan fingerprint density at radius 3 is 2.69 bits per heavy atom. The number of aromatic nitrogens is 1. The van der Waals surface area contributed by atoms with Gasteiger partial charge in [0.05, 0.1) is 12.1 Å². The van der Waals surface area contributed by atoms with E-state index in [0.29, 0.717) is 13.0 Å². The van der Waals surface area contributed by atoms with E-state index in [1.54, 1.807) is 24.5 Å². The van der Waals surface area contributed by atoms with Crippen LogP contribution < -0.4 is 5.32 Å². The van der Waals surface area contributed by atoms with E-state index in [2.05, 4.69) is 27.0 Å². The molecule has 0 spiro atoms. The maximum absolute atomic E-state index is 12.6. The average Bonchev–Trinajstić information content (AvgIpc) is 2.63. The van der Waals surface area contributed by atoms with Crippen LogP contribution in [0.1, 0.15) is 16.7 Å². The summed E-state index contributed by atoms with van der Waals surface area (Å²) in [4.78, 5) is 6.29. The predicted molar refractivity (Wildman–Crippen MR) is 94.5 cm³/mol. The van der Waals surface area contributed by atoms with Gasteiger partial charge in [0.25, 0.3) is 0 Å². The molecule has 3 nitrogen and oxygen atoms in total. The minimum Gasteiger partial charge on any atom is -0.311 e. The van der Waals surface area contributed by atoms with Gasteiger partial charge in [-0.3, -0.25) is 9.88 Å². The lowest BCUT2D eigenvalue weighted by atomic mass is 10.0. The number of halogens is 3. The highest BCUT2D eigenvalue weighted by Crippen LogP contribution is 2.29. The molecule has 6 heteroatoms. The number of rotatable bonds is 3. The zero-order chi connectivity index (χ0) is 18.4. The van der Waals surface area contributed by atoms with Crippen molar-refractivity contribution in [3.05, 3.63) is 65.5 Å². The molecule has 26 heavy (non-hydrogen) atoms. The van der Waals surface area contributed by atoms with Crippen LogP contribution in [-0.4, -0.2) is 42.1 Å². The third-order valence-corrected chi connectivity index (χ3v) is 4.30. The molecule has 1 unspecified atom stereocenters. The van der Waals surface area contributed by atoms with Gasteiger partial charge in [0, 0.05) is 43.6 Å². The Bertz CT molecular complexity index is 761. The SMILES string of the molecule is FC(F)(F)c1ccc(CC2CN(CC#Cc3cccnc3)CCN2)cc1. The molecule has 1 aliphatic rings. The summed E-state index contributed by atoms with van der Waals surface area (Å²) in [6.07, 6.45) is -0.137. The van der Waals surface area contributed by atoms with Crippen molar-refractivity contribution in [2.75, 3.05) is 26.2 Å². The van der Waals surface area contributed by atoms with Crippen LogP contribution in [0.3, 0.4) is 0 Å². The fraction of sp³-hybridized carbons (Fsp3) is 0.350. The molecule has 1 atom stereocenters. The Hall–Kier alpha value is -2.36. The van der Waals surface area contributed by atoms with Crippen LogP contribution in [0.2, 0.25) is 0 Å². The van der Waals surface area contributed by atoms with E-state index in [4.69, 9.17) is 0 Å². The van der Waals surface area contributed by atoms with Crippen molar-refractivity contribution in [1.82, 2.24) is 15.2 Å². The van der Waals surface area contributed by atoms with Crippen LogP contribution in [0.5, 0.6) is 0 Å². The average molecular weight is 359 g/mol. The third-order valence-electron chi connectivity index (χ3n) is 4.30. The van der Waals surface area contributed by atoms with Crippen LogP contribution in [0, 0.1) is 11.8 Å². The second kappa shape index (κ2) is 8.35. The molecule has 1 saturated heterocycles. The molecule has 1 aromatic carbocycles. The zero-order valence-corrected chi connectivity index (χ0v) is 14.3. The molecule has 0 aliphatic carbocycles. The van der Waals surface area contributed by atoms with E-state index >= 15 is 0 Å². The lowest BCUT2D eigenvalue weighted by Gasteiger charge is -2.32. The van der Waals surface area contributed by atoms with Crippen LogP contribution in [0.25, 0.3) is 0 Å². The fourth-order valence-corrected chi connectivity index (χ4v) is 2.98. The number of hydrogen-bond donors (Lipinski definition) is 1. The normalized spacial score (nSPS) is 18.2. The van der Waals surface area contributed by atoms with Crippen molar-refractivity contribution in [3.63, 3.8) is 0 Å². The van der Waals surface area contributed by atoms with Gasteiger partial charge in [-0.15, -0.1) is 0 Å². The molecule has 1 fully saturated rings. The van der Waals surface area contributed by atoms with E-state index in [0.717, 1.165) is 42.9 Å². The van der Waals surface area contributed by atoms with Gasteiger partial charge in [0.2, 0.25) is 0 Å².